The van der Waals surface area contributed by atoms with E-state index in [9.17, 15) is 9.59 Å². The van der Waals surface area contributed by atoms with Crippen molar-refractivity contribution in [2.75, 3.05) is 19.7 Å². The number of nitrogens with zero attached hydrogens (tertiary/aromatic N) is 1. The van der Waals surface area contributed by atoms with Crippen LogP contribution in [0.5, 0.6) is 0 Å². The van der Waals surface area contributed by atoms with Crippen molar-refractivity contribution in [3.05, 3.63) is 35.4 Å². The highest BCUT2D eigenvalue weighted by molar-refractivity contribution is 5.82. The third-order valence-corrected chi connectivity index (χ3v) is 7.69. The fourth-order valence-corrected chi connectivity index (χ4v) is 5.91. The number of carbonyl (C=O) groups is 2. The predicted molar refractivity (Wildman–Crippen MR) is 106 cm³/mol. The number of amides is 2. The van der Waals surface area contributed by atoms with Gasteiger partial charge in [-0.3, -0.25) is 4.79 Å². The van der Waals surface area contributed by atoms with Crippen LogP contribution in [0.1, 0.15) is 57.6 Å². The Balaban J connectivity index is 1.23. The molecular weight excluding hydrogens is 352 g/mol. The van der Waals surface area contributed by atoms with E-state index in [2.05, 4.69) is 62.2 Å². The number of fused-ring (bicyclic) bond motifs is 1. The molecule has 0 radical (unpaired) electrons. The first-order valence-electron chi connectivity index (χ1n) is 10.5. The number of cyclic esters (lactones) is 1. The second-order valence-electron chi connectivity index (χ2n) is 10.8. The van der Waals surface area contributed by atoms with Gasteiger partial charge in [0.1, 0.15) is 6.61 Å². The molecule has 2 saturated carbocycles. The number of likely N-dealkylation sites (tertiary alicyclic amines) is 1. The maximum Gasteiger partial charge on any atom is 0.407 e. The topological polar surface area (TPSA) is 58.6 Å². The molecule has 3 atom stereocenters. The third-order valence-electron chi connectivity index (χ3n) is 7.69. The van der Waals surface area contributed by atoms with Gasteiger partial charge in [0, 0.05) is 19.0 Å². The van der Waals surface area contributed by atoms with Crippen molar-refractivity contribution in [3.63, 3.8) is 0 Å². The van der Waals surface area contributed by atoms with Gasteiger partial charge < -0.3 is 15.0 Å². The van der Waals surface area contributed by atoms with Gasteiger partial charge in [0.25, 0.3) is 0 Å². The minimum atomic E-state index is -0.346. The summed E-state index contributed by atoms with van der Waals surface area (Å²) in [5.74, 6) is 1.43. The Bertz CT molecular complexity index is 852. The molecule has 2 aliphatic carbocycles. The standard InChI is InChI=1S/C23H30N2O3/c1-21(2,3)16-7-5-6-14(8-16)18-17-11-25(12-22(17,18)4)19(26)15-9-23(10-15)13-28-20(27)24-23/h5-8,15,17-18H,9-13H2,1-4H3,(H,24,27)/t15-,17-,18-,22-,23+/m0/s1. The fourth-order valence-electron chi connectivity index (χ4n) is 5.91. The second kappa shape index (κ2) is 5.52. The maximum atomic E-state index is 13.0. The molecule has 2 heterocycles. The molecule has 150 valence electrons. The number of nitrogens with one attached hydrogen (secondary N) is 1. The summed E-state index contributed by atoms with van der Waals surface area (Å²) in [5, 5.41) is 2.88. The average molecular weight is 383 g/mol. The van der Waals surface area contributed by atoms with Gasteiger partial charge in [0.15, 0.2) is 0 Å². The first-order valence-corrected chi connectivity index (χ1v) is 10.5. The van der Waals surface area contributed by atoms with Crippen LogP contribution in [-0.2, 0) is 14.9 Å². The Morgan fingerprint density at radius 2 is 2.04 bits per heavy atom. The number of hydrogen-bond acceptors (Lipinski definition) is 3. The lowest BCUT2D eigenvalue weighted by atomic mass is 9.68. The zero-order valence-electron chi connectivity index (χ0n) is 17.2. The number of benzene rings is 1. The van der Waals surface area contributed by atoms with Crippen LogP contribution in [0.2, 0.25) is 0 Å². The highest BCUT2D eigenvalue weighted by atomic mass is 16.6. The number of ether oxygens (including phenoxy) is 1. The van der Waals surface area contributed by atoms with Crippen molar-refractivity contribution in [1.29, 1.82) is 0 Å². The fraction of sp³-hybridized carbons (Fsp3) is 0.652. The first kappa shape index (κ1) is 18.0. The molecule has 1 spiro atoms. The molecule has 1 N–H and O–H groups in total. The monoisotopic (exact) mass is 382 g/mol. The van der Waals surface area contributed by atoms with Crippen molar-refractivity contribution in [2.24, 2.45) is 17.3 Å². The largest absolute Gasteiger partial charge is 0.447 e. The van der Waals surface area contributed by atoms with Crippen LogP contribution < -0.4 is 5.32 Å². The van der Waals surface area contributed by atoms with Crippen molar-refractivity contribution >= 4 is 12.0 Å². The van der Waals surface area contributed by atoms with Gasteiger partial charge in [-0.1, -0.05) is 52.0 Å². The molecule has 2 amide bonds. The minimum absolute atomic E-state index is 0.0331. The van der Waals surface area contributed by atoms with Gasteiger partial charge in [-0.15, -0.1) is 0 Å². The zero-order valence-corrected chi connectivity index (χ0v) is 17.2. The number of piperidine rings is 1. The van der Waals surface area contributed by atoms with Crippen molar-refractivity contribution < 1.29 is 14.3 Å². The number of rotatable bonds is 2. The van der Waals surface area contributed by atoms with Crippen LogP contribution in [0, 0.1) is 17.3 Å². The Morgan fingerprint density at radius 1 is 1.29 bits per heavy atom. The molecule has 1 aromatic rings. The Kier molecular flexibility index (Phi) is 3.55. The molecule has 28 heavy (non-hydrogen) atoms. The van der Waals surface area contributed by atoms with Gasteiger partial charge in [0.2, 0.25) is 5.91 Å². The molecule has 2 aliphatic heterocycles. The van der Waals surface area contributed by atoms with E-state index in [1.54, 1.807) is 0 Å². The summed E-state index contributed by atoms with van der Waals surface area (Å²) >= 11 is 0. The normalized spacial score (nSPS) is 38.6. The van der Waals surface area contributed by atoms with E-state index in [0.717, 1.165) is 13.1 Å². The SMILES string of the molecule is CC(C)(C)c1cccc([C@H]2[C@@H]3CN(C(=O)[C@H]4C[C@]5(COC(=O)N5)C4)C[C@@]32C)c1. The maximum absolute atomic E-state index is 13.0. The molecule has 5 nitrogen and oxygen atoms in total. The van der Waals surface area contributed by atoms with E-state index in [-0.39, 0.29) is 34.3 Å². The lowest BCUT2D eigenvalue weighted by molar-refractivity contribution is -0.140. The van der Waals surface area contributed by atoms with E-state index >= 15 is 0 Å². The molecule has 5 heteroatoms. The number of carbonyl (C=O) groups excluding carboxylic acids is 2. The molecule has 0 unspecified atom stereocenters. The summed E-state index contributed by atoms with van der Waals surface area (Å²) in [6.45, 7) is 11.2. The molecule has 5 rings (SSSR count). The van der Waals surface area contributed by atoms with Crippen molar-refractivity contribution in [3.8, 4) is 0 Å². The van der Waals surface area contributed by atoms with Crippen molar-refractivity contribution in [2.45, 2.75) is 57.4 Å². The molecule has 0 aromatic heterocycles. The number of hydrogen-bond donors (Lipinski definition) is 1. The van der Waals surface area contributed by atoms with Gasteiger partial charge in [-0.2, -0.15) is 0 Å². The number of alkyl carbamates (subject to hydrolysis) is 1. The van der Waals surface area contributed by atoms with Gasteiger partial charge in [-0.25, -0.2) is 4.79 Å². The summed E-state index contributed by atoms with van der Waals surface area (Å²) in [5.41, 5.74) is 2.90. The van der Waals surface area contributed by atoms with Crippen LogP contribution in [0.4, 0.5) is 4.79 Å². The summed E-state index contributed by atoms with van der Waals surface area (Å²) in [4.78, 5) is 26.3. The molecular formula is C23H30N2O3. The van der Waals surface area contributed by atoms with E-state index in [1.165, 1.54) is 11.1 Å². The molecule has 4 fully saturated rings. The summed E-state index contributed by atoms with van der Waals surface area (Å²) in [6, 6.07) is 9.03. The van der Waals surface area contributed by atoms with Crippen LogP contribution >= 0.6 is 0 Å². The zero-order chi connectivity index (χ0) is 19.9. The molecule has 0 bridgehead atoms. The predicted octanol–water partition coefficient (Wildman–Crippen LogP) is 3.43. The summed E-state index contributed by atoms with van der Waals surface area (Å²) in [7, 11) is 0. The van der Waals surface area contributed by atoms with E-state index in [0.29, 0.717) is 31.3 Å². The first-order chi connectivity index (χ1) is 13.1. The quantitative estimate of drug-likeness (QED) is 0.852. The smallest absolute Gasteiger partial charge is 0.407 e. The lowest BCUT2D eigenvalue weighted by Crippen LogP contribution is -2.58. The Hall–Kier alpha value is -2.04. The van der Waals surface area contributed by atoms with Crippen LogP contribution in [0.25, 0.3) is 0 Å². The highest BCUT2D eigenvalue weighted by Gasteiger charge is 2.67. The van der Waals surface area contributed by atoms with Gasteiger partial charge in [0.05, 0.1) is 5.54 Å². The van der Waals surface area contributed by atoms with E-state index < -0.39 is 0 Å². The lowest BCUT2D eigenvalue weighted by Gasteiger charge is -2.43. The average Bonchev–Trinajstić information content (AvgIpc) is 2.90. The van der Waals surface area contributed by atoms with Crippen LogP contribution in [0.15, 0.2) is 24.3 Å². The minimum Gasteiger partial charge on any atom is -0.447 e. The second-order valence-corrected chi connectivity index (χ2v) is 10.8. The Labute approximate surface area is 166 Å². The van der Waals surface area contributed by atoms with Gasteiger partial charge >= 0.3 is 6.09 Å². The molecule has 1 aromatic carbocycles. The third kappa shape index (κ3) is 2.58. The van der Waals surface area contributed by atoms with Crippen LogP contribution in [-0.4, -0.2) is 42.1 Å². The summed E-state index contributed by atoms with van der Waals surface area (Å²) in [6.07, 6.45) is 1.08. The molecule has 2 saturated heterocycles. The van der Waals surface area contributed by atoms with Gasteiger partial charge in [-0.05, 0) is 46.6 Å². The van der Waals surface area contributed by atoms with E-state index in [4.69, 9.17) is 4.74 Å². The Morgan fingerprint density at radius 3 is 2.61 bits per heavy atom. The molecule has 4 aliphatic rings. The highest BCUT2D eigenvalue weighted by Crippen LogP contribution is 2.68. The van der Waals surface area contributed by atoms with E-state index in [1.807, 2.05) is 0 Å². The summed E-state index contributed by atoms with van der Waals surface area (Å²) < 4.78 is 5.03. The van der Waals surface area contributed by atoms with Crippen molar-refractivity contribution in [1.82, 2.24) is 10.2 Å². The van der Waals surface area contributed by atoms with Crippen LogP contribution in [0.3, 0.4) is 0 Å².